The molecule has 7 nitrogen and oxygen atoms in total. The third-order valence-corrected chi connectivity index (χ3v) is 5.34. The van der Waals surface area contributed by atoms with Crippen molar-refractivity contribution in [3.8, 4) is 0 Å². The number of carbonyl (C=O) groups excluding carboxylic acids is 1. The minimum absolute atomic E-state index is 0.522. The Kier molecular flexibility index (Phi) is 4.42. The second-order valence-corrected chi connectivity index (χ2v) is 6.88. The van der Waals surface area contributed by atoms with E-state index in [0.29, 0.717) is 5.69 Å². The zero-order valence-electron chi connectivity index (χ0n) is 13.5. The van der Waals surface area contributed by atoms with Crippen LogP contribution in [-0.2, 0) is 14.3 Å². The Morgan fingerprint density at radius 2 is 2.08 bits per heavy atom. The number of rotatable bonds is 5. The van der Waals surface area contributed by atoms with Gasteiger partial charge in [0.1, 0.15) is 0 Å². The first kappa shape index (κ1) is 16.7. The summed E-state index contributed by atoms with van der Waals surface area (Å²) in [5.74, 6) is -2.06. The summed E-state index contributed by atoms with van der Waals surface area (Å²) >= 11 is 1.57. The Bertz CT molecular complexity index is 785. The predicted molar refractivity (Wildman–Crippen MR) is 92.7 cm³/mol. The van der Waals surface area contributed by atoms with Crippen LogP contribution in [0.5, 0.6) is 0 Å². The molecule has 1 saturated heterocycles. The monoisotopic (exact) mass is 349 g/mol. The number of anilines is 2. The molecule has 2 N–H and O–H groups in total. The largest absolute Gasteiger partial charge is 0.479 e. The van der Waals surface area contributed by atoms with E-state index in [9.17, 15) is 14.7 Å². The number of amides is 1. The number of carboxylic acid groups (broad SMARTS) is 1. The molecule has 1 aromatic carbocycles. The zero-order valence-corrected chi connectivity index (χ0v) is 14.4. The van der Waals surface area contributed by atoms with Crippen molar-refractivity contribution in [3.63, 3.8) is 0 Å². The molecule has 0 spiro atoms. The lowest BCUT2D eigenvalue weighted by Gasteiger charge is -2.21. The van der Waals surface area contributed by atoms with E-state index in [0.717, 1.165) is 28.4 Å². The molecule has 1 fully saturated rings. The number of fused-ring (bicyclic) bond motifs is 1. The van der Waals surface area contributed by atoms with Crippen molar-refractivity contribution in [2.45, 2.75) is 25.4 Å². The van der Waals surface area contributed by atoms with E-state index in [1.807, 2.05) is 12.1 Å². The minimum atomic E-state index is -1.93. The van der Waals surface area contributed by atoms with Gasteiger partial charge in [-0.2, -0.15) is 0 Å². The maximum absolute atomic E-state index is 12.2. The number of aromatic nitrogens is 1. The van der Waals surface area contributed by atoms with E-state index in [-0.39, 0.29) is 0 Å². The normalized spacial score (nSPS) is 17.0. The Labute approximate surface area is 143 Å². The molecule has 0 aliphatic carbocycles. The molecule has 1 aliphatic rings. The van der Waals surface area contributed by atoms with Crippen molar-refractivity contribution in [3.05, 3.63) is 18.2 Å². The average Bonchev–Trinajstić information content (AvgIpc) is 3.22. The fourth-order valence-electron chi connectivity index (χ4n) is 2.56. The van der Waals surface area contributed by atoms with Crippen molar-refractivity contribution in [1.82, 2.24) is 4.98 Å². The molecule has 1 amide bonds. The summed E-state index contributed by atoms with van der Waals surface area (Å²) in [6, 6.07) is 5.35. The van der Waals surface area contributed by atoms with Crippen LogP contribution in [0.1, 0.15) is 19.8 Å². The van der Waals surface area contributed by atoms with Gasteiger partial charge in [0.05, 0.1) is 10.2 Å². The maximum Gasteiger partial charge on any atom is 0.345 e. The number of hydrogen-bond donors (Lipinski definition) is 2. The molecule has 0 radical (unpaired) electrons. The molecular weight excluding hydrogens is 330 g/mol. The van der Waals surface area contributed by atoms with Gasteiger partial charge >= 0.3 is 5.97 Å². The quantitative estimate of drug-likeness (QED) is 0.805. The van der Waals surface area contributed by atoms with Crippen molar-refractivity contribution < 1.29 is 19.4 Å². The fraction of sp³-hybridized carbons (Fsp3) is 0.438. The topological polar surface area (TPSA) is 91.8 Å². The van der Waals surface area contributed by atoms with Crippen molar-refractivity contribution in [2.75, 3.05) is 30.4 Å². The molecule has 1 unspecified atom stereocenters. The van der Waals surface area contributed by atoms with E-state index < -0.39 is 17.5 Å². The highest BCUT2D eigenvalue weighted by atomic mass is 32.1. The van der Waals surface area contributed by atoms with E-state index in [2.05, 4.69) is 15.2 Å². The number of hydrogen-bond acceptors (Lipinski definition) is 6. The molecule has 24 heavy (non-hydrogen) atoms. The first-order chi connectivity index (χ1) is 11.4. The van der Waals surface area contributed by atoms with E-state index in [4.69, 9.17) is 4.74 Å². The van der Waals surface area contributed by atoms with Gasteiger partial charge in [0.25, 0.3) is 5.91 Å². The van der Waals surface area contributed by atoms with Gasteiger partial charge in [0, 0.05) is 25.9 Å². The molecule has 1 aliphatic heterocycles. The van der Waals surface area contributed by atoms with Gasteiger partial charge < -0.3 is 20.1 Å². The molecule has 8 heteroatoms. The molecular formula is C16H19N3O4S. The molecule has 1 aromatic heterocycles. The highest BCUT2D eigenvalue weighted by Crippen LogP contribution is 2.32. The summed E-state index contributed by atoms with van der Waals surface area (Å²) in [5, 5.41) is 12.8. The smallest absolute Gasteiger partial charge is 0.345 e. The van der Waals surface area contributed by atoms with Crippen molar-refractivity contribution >= 4 is 44.2 Å². The van der Waals surface area contributed by atoms with Crippen molar-refractivity contribution in [1.29, 1.82) is 0 Å². The number of carboxylic acids is 1. The third kappa shape index (κ3) is 2.94. The maximum atomic E-state index is 12.2. The Morgan fingerprint density at radius 1 is 1.38 bits per heavy atom. The second kappa shape index (κ2) is 6.37. The van der Waals surface area contributed by atoms with Crippen LogP contribution in [0, 0.1) is 0 Å². The summed E-state index contributed by atoms with van der Waals surface area (Å²) in [4.78, 5) is 30.3. The average molecular weight is 349 g/mol. The summed E-state index contributed by atoms with van der Waals surface area (Å²) < 4.78 is 5.81. The van der Waals surface area contributed by atoms with Crippen LogP contribution in [-0.4, -0.2) is 47.8 Å². The summed E-state index contributed by atoms with van der Waals surface area (Å²) in [5.41, 5.74) is -0.537. The standard InChI is InChI=1S/C16H19N3O4S/c1-16(23-2,14(21)22)13(20)17-10-5-6-11-12(9-10)24-15(18-11)19-7-3-4-8-19/h5-6,9H,3-4,7-8H2,1-2H3,(H,17,20)(H,21,22). The SMILES string of the molecule is COC(C)(C(=O)O)C(=O)Nc1ccc2nc(N3CCCC3)sc2c1. The van der Waals surface area contributed by atoms with E-state index in [1.165, 1.54) is 26.9 Å². The summed E-state index contributed by atoms with van der Waals surface area (Å²) in [6.07, 6.45) is 2.37. The fourth-order valence-corrected chi connectivity index (χ4v) is 3.62. The molecule has 0 saturated carbocycles. The lowest BCUT2D eigenvalue weighted by molar-refractivity contribution is -0.165. The highest BCUT2D eigenvalue weighted by molar-refractivity contribution is 7.22. The number of aliphatic carboxylic acids is 1. The lowest BCUT2D eigenvalue weighted by Crippen LogP contribution is -2.48. The number of benzene rings is 1. The van der Waals surface area contributed by atoms with Crippen LogP contribution >= 0.6 is 11.3 Å². The van der Waals surface area contributed by atoms with Crippen molar-refractivity contribution in [2.24, 2.45) is 0 Å². The highest BCUT2D eigenvalue weighted by Gasteiger charge is 2.41. The third-order valence-electron chi connectivity index (χ3n) is 4.26. The number of nitrogens with zero attached hydrogens (tertiary/aromatic N) is 2. The summed E-state index contributed by atoms with van der Waals surface area (Å²) in [7, 11) is 1.20. The van der Waals surface area contributed by atoms with Gasteiger partial charge in [-0.25, -0.2) is 9.78 Å². The lowest BCUT2D eigenvalue weighted by atomic mass is 10.1. The van der Waals surface area contributed by atoms with Crippen LogP contribution in [0.25, 0.3) is 10.2 Å². The Morgan fingerprint density at radius 3 is 2.71 bits per heavy atom. The van der Waals surface area contributed by atoms with Gasteiger partial charge in [-0.05, 0) is 38.0 Å². The second-order valence-electron chi connectivity index (χ2n) is 5.87. The van der Waals surface area contributed by atoms with E-state index in [1.54, 1.807) is 17.4 Å². The number of methoxy groups -OCH3 is 1. The molecule has 1 atom stereocenters. The molecule has 3 rings (SSSR count). The van der Waals surface area contributed by atoms with Gasteiger partial charge in [-0.15, -0.1) is 0 Å². The Hall–Kier alpha value is -2.19. The molecule has 128 valence electrons. The van der Waals surface area contributed by atoms with Crippen LogP contribution in [0.2, 0.25) is 0 Å². The van der Waals surface area contributed by atoms with Crippen LogP contribution < -0.4 is 10.2 Å². The number of thiazole rings is 1. The molecule has 0 bridgehead atoms. The predicted octanol–water partition coefficient (Wildman–Crippen LogP) is 2.32. The Balaban J connectivity index is 1.83. The number of nitrogens with one attached hydrogen (secondary N) is 1. The van der Waals surface area contributed by atoms with Gasteiger partial charge in [-0.1, -0.05) is 11.3 Å². The summed E-state index contributed by atoms with van der Waals surface area (Å²) in [6.45, 7) is 3.27. The minimum Gasteiger partial charge on any atom is -0.479 e. The first-order valence-electron chi connectivity index (χ1n) is 7.69. The first-order valence-corrected chi connectivity index (χ1v) is 8.51. The molecule has 2 aromatic rings. The van der Waals surface area contributed by atoms with Gasteiger partial charge in [0.15, 0.2) is 5.13 Å². The number of ether oxygens (including phenoxy) is 1. The zero-order chi connectivity index (χ0) is 17.3. The molecule has 2 heterocycles. The number of carbonyl (C=O) groups is 2. The van der Waals surface area contributed by atoms with E-state index >= 15 is 0 Å². The van der Waals surface area contributed by atoms with Gasteiger partial charge in [0.2, 0.25) is 5.60 Å². The van der Waals surface area contributed by atoms with Crippen LogP contribution in [0.15, 0.2) is 18.2 Å². The van der Waals surface area contributed by atoms with Gasteiger partial charge in [-0.3, -0.25) is 4.79 Å². The van der Waals surface area contributed by atoms with Crippen LogP contribution in [0.3, 0.4) is 0 Å². The van der Waals surface area contributed by atoms with Crippen LogP contribution in [0.4, 0.5) is 10.8 Å².